The van der Waals surface area contributed by atoms with Crippen LogP contribution >= 0.6 is 12.2 Å². The molecule has 1 fully saturated rings. The van der Waals surface area contributed by atoms with Crippen molar-refractivity contribution < 1.29 is 9.90 Å². The van der Waals surface area contributed by atoms with Gasteiger partial charge in [-0.05, 0) is 25.0 Å². The number of aliphatic hydroxyl groups excluding tert-OH is 1. The number of amides is 1. The summed E-state index contributed by atoms with van der Waals surface area (Å²) < 4.78 is 0. The average Bonchev–Trinajstić information content (AvgIpc) is 2.86. The quantitative estimate of drug-likeness (QED) is 0.797. The van der Waals surface area contributed by atoms with Gasteiger partial charge in [-0.3, -0.25) is 4.79 Å². The molecule has 1 aromatic rings. The van der Waals surface area contributed by atoms with Crippen molar-refractivity contribution in [1.82, 2.24) is 4.90 Å². The molecule has 0 aromatic heterocycles. The summed E-state index contributed by atoms with van der Waals surface area (Å²) in [6, 6.07) is 6.94. The van der Waals surface area contributed by atoms with E-state index >= 15 is 0 Å². The van der Waals surface area contributed by atoms with Crippen LogP contribution in [0.4, 0.5) is 0 Å². The van der Waals surface area contributed by atoms with Crippen LogP contribution in [0.1, 0.15) is 28.8 Å². The highest BCUT2D eigenvalue weighted by atomic mass is 32.1. The maximum absolute atomic E-state index is 12.3. The summed E-state index contributed by atoms with van der Waals surface area (Å²) in [5, 5.41) is 9.24. The minimum atomic E-state index is -0.0651. The molecule has 1 aromatic carbocycles. The van der Waals surface area contributed by atoms with Crippen molar-refractivity contribution >= 4 is 23.1 Å². The molecule has 1 heterocycles. The number of hydrogen-bond donors (Lipinski definition) is 2. The highest BCUT2D eigenvalue weighted by Gasteiger charge is 2.28. The van der Waals surface area contributed by atoms with Gasteiger partial charge in [-0.1, -0.05) is 24.4 Å². The van der Waals surface area contributed by atoms with Crippen LogP contribution in [0.25, 0.3) is 0 Å². The first-order valence-electron chi connectivity index (χ1n) is 5.95. The lowest BCUT2D eigenvalue weighted by atomic mass is 10.1. The van der Waals surface area contributed by atoms with Crippen molar-refractivity contribution in [3.8, 4) is 0 Å². The van der Waals surface area contributed by atoms with E-state index < -0.39 is 0 Å². The zero-order valence-corrected chi connectivity index (χ0v) is 10.8. The van der Waals surface area contributed by atoms with E-state index in [1.54, 1.807) is 29.2 Å². The van der Waals surface area contributed by atoms with E-state index in [1.165, 1.54) is 0 Å². The Kier molecular flexibility index (Phi) is 3.93. The van der Waals surface area contributed by atoms with Gasteiger partial charge in [0.15, 0.2) is 0 Å². The Bertz CT molecular complexity index is 476. The second kappa shape index (κ2) is 5.46. The minimum absolute atomic E-state index is 0.0146. The van der Waals surface area contributed by atoms with Gasteiger partial charge in [0.05, 0.1) is 12.6 Å². The number of hydrogen-bond acceptors (Lipinski definition) is 3. The van der Waals surface area contributed by atoms with E-state index in [0.29, 0.717) is 17.7 Å². The van der Waals surface area contributed by atoms with Gasteiger partial charge in [0.1, 0.15) is 4.99 Å². The average molecular weight is 264 g/mol. The van der Waals surface area contributed by atoms with E-state index in [4.69, 9.17) is 18.0 Å². The molecule has 1 amide bonds. The topological polar surface area (TPSA) is 66.6 Å². The SMILES string of the molecule is NC(=S)c1cccc(C(=O)N2CCCC2CO)c1. The fraction of sp³-hybridized carbons (Fsp3) is 0.385. The number of benzene rings is 1. The van der Waals surface area contributed by atoms with Gasteiger partial charge in [-0.2, -0.15) is 0 Å². The van der Waals surface area contributed by atoms with Crippen LogP contribution in [0.2, 0.25) is 0 Å². The standard InChI is InChI=1S/C13H16N2O2S/c14-12(18)9-3-1-4-10(7-9)13(17)15-6-2-5-11(15)8-16/h1,3-4,7,11,16H,2,5-6,8H2,(H2,14,18). The molecule has 0 radical (unpaired) electrons. The molecule has 1 saturated heterocycles. The molecule has 3 N–H and O–H groups in total. The molecule has 1 aliphatic heterocycles. The van der Waals surface area contributed by atoms with Crippen molar-refractivity contribution in [2.75, 3.05) is 13.2 Å². The smallest absolute Gasteiger partial charge is 0.254 e. The van der Waals surface area contributed by atoms with Gasteiger partial charge >= 0.3 is 0 Å². The third-order valence-electron chi connectivity index (χ3n) is 3.24. The number of carbonyl (C=O) groups is 1. The summed E-state index contributed by atoms with van der Waals surface area (Å²) in [5.74, 6) is -0.0651. The van der Waals surface area contributed by atoms with E-state index in [1.807, 2.05) is 0 Å². The van der Waals surface area contributed by atoms with Gasteiger partial charge in [0.25, 0.3) is 5.91 Å². The van der Waals surface area contributed by atoms with Crippen LogP contribution in [-0.4, -0.2) is 40.1 Å². The monoisotopic (exact) mass is 264 g/mol. The molecule has 0 aliphatic carbocycles. The Labute approximate surface area is 111 Å². The molecule has 5 heteroatoms. The van der Waals surface area contributed by atoms with Gasteiger partial charge in [0.2, 0.25) is 0 Å². The van der Waals surface area contributed by atoms with Crippen LogP contribution in [-0.2, 0) is 0 Å². The van der Waals surface area contributed by atoms with Crippen molar-refractivity contribution in [1.29, 1.82) is 0 Å². The Hall–Kier alpha value is -1.46. The number of nitrogens with zero attached hydrogens (tertiary/aromatic N) is 1. The van der Waals surface area contributed by atoms with Crippen molar-refractivity contribution in [2.45, 2.75) is 18.9 Å². The highest BCUT2D eigenvalue weighted by molar-refractivity contribution is 7.80. The number of thiocarbonyl (C=S) groups is 1. The van der Waals surface area contributed by atoms with Gasteiger partial charge in [0, 0.05) is 17.7 Å². The number of nitrogens with two attached hydrogens (primary N) is 1. The number of likely N-dealkylation sites (tertiary alicyclic amines) is 1. The highest BCUT2D eigenvalue weighted by Crippen LogP contribution is 2.20. The molecule has 0 bridgehead atoms. The second-order valence-corrected chi connectivity index (χ2v) is 4.86. The molecule has 2 rings (SSSR count). The fourth-order valence-corrected chi connectivity index (χ4v) is 2.39. The predicted octanol–water partition coefficient (Wildman–Crippen LogP) is 0.918. The summed E-state index contributed by atoms with van der Waals surface area (Å²) in [6.45, 7) is 0.710. The number of carbonyl (C=O) groups excluding carboxylic acids is 1. The van der Waals surface area contributed by atoms with Gasteiger partial charge < -0.3 is 15.7 Å². The first kappa shape index (κ1) is 13.0. The molecule has 1 aliphatic rings. The van der Waals surface area contributed by atoms with Gasteiger partial charge in [-0.15, -0.1) is 0 Å². The third kappa shape index (κ3) is 2.52. The van der Waals surface area contributed by atoms with Gasteiger partial charge in [-0.25, -0.2) is 0 Å². The first-order valence-corrected chi connectivity index (χ1v) is 6.36. The lowest BCUT2D eigenvalue weighted by Gasteiger charge is -2.23. The Morgan fingerprint density at radius 2 is 2.22 bits per heavy atom. The summed E-state index contributed by atoms with van der Waals surface area (Å²) in [5.41, 5.74) is 6.82. The van der Waals surface area contributed by atoms with Crippen LogP contribution in [0.3, 0.4) is 0 Å². The van der Waals surface area contributed by atoms with E-state index in [-0.39, 0.29) is 23.5 Å². The lowest BCUT2D eigenvalue weighted by molar-refractivity contribution is 0.0677. The summed E-state index contributed by atoms with van der Waals surface area (Å²) in [7, 11) is 0. The molecule has 1 unspecified atom stereocenters. The molecule has 96 valence electrons. The molecule has 18 heavy (non-hydrogen) atoms. The predicted molar refractivity (Wildman–Crippen MR) is 73.5 cm³/mol. The van der Waals surface area contributed by atoms with E-state index in [9.17, 15) is 9.90 Å². The largest absolute Gasteiger partial charge is 0.394 e. The fourth-order valence-electron chi connectivity index (χ4n) is 2.26. The third-order valence-corrected chi connectivity index (χ3v) is 3.48. The normalized spacial score (nSPS) is 18.9. The van der Waals surface area contributed by atoms with Crippen LogP contribution in [0.15, 0.2) is 24.3 Å². The number of aliphatic hydroxyl groups is 1. The van der Waals surface area contributed by atoms with E-state index in [0.717, 1.165) is 12.8 Å². The van der Waals surface area contributed by atoms with Crippen LogP contribution < -0.4 is 5.73 Å². The lowest BCUT2D eigenvalue weighted by Crippen LogP contribution is -2.37. The summed E-state index contributed by atoms with van der Waals surface area (Å²) >= 11 is 4.90. The van der Waals surface area contributed by atoms with Crippen LogP contribution in [0, 0.1) is 0 Å². The van der Waals surface area contributed by atoms with Crippen LogP contribution in [0.5, 0.6) is 0 Å². The molecule has 0 saturated carbocycles. The minimum Gasteiger partial charge on any atom is -0.394 e. The maximum atomic E-state index is 12.3. The Morgan fingerprint density at radius 3 is 2.89 bits per heavy atom. The van der Waals surface area contributed by atoms with Crippen molar-refractivity contribution in [3.63, 3.8) is 0 Å². The molecule has 0 spiro atoms. The molecular formula is C13H16N2O2S. The Morgan fingerprint density at radius 1 is 1.50 bits per heavy atom. The Balaban J connectivity index is 2.23. The molecular weight excluding hydrogens is 248 g/mol. The van der Waals surface area contributed by atoms with Crippen molar-refractivity contribution in [3.05, 3.63) is 35.4 Å². The number of rotatable bonds is 3. The molecule has 1 atom stereocenters. The van der Waals surface area contributed by atoms with E-state index in [2.05, 4.69) is 0 Å². The zero-order chi connectivity index (χ0) is 13.1. The first-order chi connectivity index (χ1) is 8.63. The second-order valence-electron chi connectivity index (χ2n) is 4.42. The summed E-state index contributed by atoms with van der Waals surface area (Å²) in [6.07, 6.45) is 1.79. The molecule has 4 nitrogen and oxygen atoms in total. The summed E-state index contributed by atoms with van der Waals surface area (Å²) in [4.78, 5) is 14.3. The van der Waals surface area contributed by atoms with Crippen molar-refractivity contribution in [2.24, 2.45) is 5.73 Å². The maximum Gasteiger partial charge on any atom is 0.254 e. The zero-order valence-electron chi connectivity index (χ0n) is 10.0.